The Labute approximate surface area is 101 Å². The first-order valence-electron chi connectivity index (χ1n) is 5.68. The summed E-state index contributed by atoms with van der Waals surface area (Å²) in [5.74, 6) is 1.01. The van der Waals surface area contributed by atoms with E-state index < -0.39 is 0 Å². The van der Waals surface area contributed by atoms with Crippen molar-refractivity contribution in [1.82, 2.24) is 20.0 Å². The standard InChI is InChI=1S/C12H18N4O/c1-12(2,3)14-7-11-13-4-5-16(11)8-10-6-15-17-9-10/h4-6,9,14H,7-8H2,1-3H3. The monoisotopic (exact) mass is 234 g/mol. The van der Waals surface area contributed by atoms with Crippen LogP contribution in [0.3, 0.4) is 0 Å². The lowest BCUT2D eigenvalue weighted by atomic mass is 10.1. The van der Waals surface area contributed by atoms with Gasteiger partial charge in [0.2, 0.25) is 0 Å². The maximum Gasteiger partial charge on any atom is 0.128 e. The molecule has 0 aliphatic carbocycles. The summed E-state index contributed by atoms with van der Waals surface area (Å²) in [4.78, 5) is 4.35. The first kappa shape index (κ1) is 11.9. The summed E-state index contributed by atoms with van der Waals surface area (Å²) < 4.78 is 6.91. The van der Waals surface area contributed by atoms with Crippen molar-refractivity contribution in [2.24, 2.45) is 0 Å². The lowest BCUT2D eigenvalue weighted by molar-refractivity contribution is 0.412. The SMILES string of the molecule is CC(C)(C)NCc1nccn1Cc1cnoc1. The highest BCUT2D eigenvalue weighted by molar-refractivity contribution is 5.04. The molecule has 0 aliphatic rings. The molecule has 5 heteroatoms. The van der Waals surface area contributed by atoms with Crippen molar-refractivity contribution in [3.05, 3.63) is 36.2 Å². The fraction of sp³-hybridized carbons (Fsp3) is 0.500. The van der Waals surface area contributed by atoms with Gasteiger partial charge < -0.3 is 14.4 Å². The average Bonchev–Trinajstić information content (AvgIpc) is 2.86. The number of hydrogen-bond donors (Lipinski definition) is 1. The zero-order valence-electron chi connectivity index (χ0n) is 10.5. The predicted octanol–water partition coefficient (Wildman–Crippen LogP) is 1.81. The van der Waals surface area contributed by atoms with E-state index in [4.69, 9.17) is 4.52 Å². The molecule has 0 radical (unpaired) electrons. The first-order chi connectivity index (χ1) is 8.04. The summed E-state index contributed by atoms with van der Waals surface area (Å²) in [5, 5.41) is 7.12. The molecule has 2 heterocycles. The molecule has 0 unspecified atom stereocenters. The number of nitrogens with zero attached hydrogens (tertiary/aromatic N) is 3. The molecule has 2 aromatic heterocycles. The van der Waals surface area contributed by atoms with Crippen LogP contribution in [0.25, 0.3) is 0 Å². The van der Waals surface area contributed by atoms with Gasteiger partial charge in [0.1, 0.15) is 12.1 Å². The molecule has 1 N–H and O–H groups in total. The summed E-state index contributed by atoms with van der Waals surface area (Å²) in [7, 11) is 0. The third kappa shape index (κ3) is 3.42. The highest BCUT2D eigenvalue weighted by atomic mass is 16.5. The van der Waals surface area contributed by atoms with E-state index in [0.717, 1.165) is 24.5 Å². The second kappa shape index (κ2) is 4.71. The summed E-state index contributed by atoms with van der Waals surface area (Å²) >= 11 is 0. The van der Waals surface area contributed by atoms with E-state index in [9.17, 15) is 0 Å². The van der Waals surface area contributed by atoms with Gasteiger partial charge in [-0.1, -0.05) is 5.16 Å². The highest BCUT2D eigenvalue weighted by Gasteiger charge is 2.11. The molecule has 92 valence electrons. The summed E-state index contributed by atoms with van der Waals surface area (Å²) in [5.41, 5.74) is 1.13. The molecular weight excluding hydrogens is 216 g/mol. The smallest absolute Gasteiger partial charge is 0.128 e. The first-order valence-corrected chi connectivity index (χ1v) is 5.68. The molecule has 0 saturated heterocycles. The maximum atomic E-state index is 4.82. The van der Waals surface area contributed by atoms with Crippen molar-refractivity contribution in [2.75, 3.05) is 0 Å². The third-order valence-corrected chi connectivity index (χ3v) is 2.41. The average molecular weight is 234 g/mol. The van der Waals surface area contributed by atoms with Gasteiger partial charge in [-0.15, -0.1) is 0 Å². The van der Waals surface area contributed by atoms with Gasteiger partial charge in [-0.05, 0) is 20.8 Å². The zero-order chi connectivity index (χ0) is 12.3. The molecule has 5 nitrogen and oxygen atoms in total. The molecule has 2 rings (SSSR count). The Kier molecular flexibility index (Phi) is 3.28. The Hall–Kier alpha value is -1.62. The van der Waals surface area contributed by atoms with E-state index in [2.05, 4.69) is 40.8 Å². The Morgan fingerprint density at radius 1 is 1.41 bits per heavy atom. The molecule has 0 atom stereocenters. The normalized spacial score (nSPS) is 11.9. The van der Waals surface area contributed by atoms with Gasteiger partial charge in [-0.2, -0.15) is 0 Å². The largest absolute Gasteiger partial charge is 0.364 e. The number of aromatic nitrogens is 3. The van der Waals surface area contributed by atoms with Crippen molar-refractivity contribution in [3.63, 3.8) is 0 Å². The molecule has 0 aromatic carbocycles. The Bertz CT molecular complexity index is 453. The van der Waals surface area contributed by atoms with Crippen molar-refractivity contribution >= 4 is 0 Å². The van der Waals surface area contributed by atoms with Crippen LogP contribution in [0.4, 0.5) is 0 Å². The fourth-order valence-corrected chi connectivity index (χ4v) is 1.50. The van der Waals surface area contributed by atoms with Crippen molar-refractivity contribution in [2.45, 2.75) is 39.4 Å². The lowest BCUT2D eigenvalue weighted by Gasteiger charge is -2.20. The summed E-state index contributed by atoms with van der Waals surface area (Å²) in [6, 6.07) is 0. The van der Waals surface area contributed by atoms with Crippen LogP contribution in [0.15, 0.2) is 29.4 Å². The minimum Gasteiger partial charge on any atom is -0.364 e. The molecule has 0 saturated carbocycles. The summed E-state index contributed by atoms with van der Waals surface area (Å²) in [6.45, 7) is 7.91. The van der Waals surface area contributed by atoms with Crippen LogP contribution in [0.1, 0.15) is 32.2 Å². The number of nitrogens with one attached hydrogen (secondary N) is 1. The molecule has 2 aromatic rings. The molecular formula is C12H18N4O. The minimum absolute atomic E-state index is 0.0912. The zero-order valence-corrected chi connectivity index (χ0v) is 10.5. The van der Waals surface area contributed by atoms with Gasteiger partial charge in [0.05, 0.1) is 19.3 Å². The quantitative estimate of drug-likeness (QED) is 0.876. The van der Waals surface area contributed by atoms with E-state index in [1.165, 1.54) is 0 Å². The third-order valence-electron chi connectivity index (χ3n) is 2.41. The predicted molar refractivity (Wildman–Crippen MR) is 64.4 cm³/mol. The second-order valence-electron chi connectivity index (χ2n) is 5.11. The van der Waals surface area contributed by atoms with Crippen molar-refractivity contribution in [3.8, 4) is 0 Å². The Balaban J connectivity index is 2.02. The lowest BCUT2D eigenvalue weighted by Crippen LogP contribution is -2.35. The van der Waals surface area contributed by atoms with Crippen LogP contribution in [-0.2, 0) is 13.1 Å². The fourth-order valence-electron chi connectivity index (χ4n) is 1.50. The van der Waals surface area contributed by atoms with Crippen LogP contribution in [-0.4, -0.2) is 20.2 Å². The van der Waals surface area contributed by atoms with Gasteiger partial charge >= 0.3 is 0 Å². The van der Waals surface area contributed by atoms with Gasteiger partial charge in [0.15, 0.2) is 0 Å². The van der Waals surface area contributed by atoms with Crippen molar-refractivity contribution < 1.29 is 4.52 Å². The van der Waals surface area contributed by atoms with Gasteiger partial charge in [-0.25, -0.2) is 4.98 Å². The Morgan fingerprint density at radius 2 is 2.24 bits per heavy atom. The molecule has 0 fully saturated rings. The molecule has 17 heavy (non-hydrogen) atoms. The molecule has 0 aliphatic heterocycles. The minimum atomic E-state index is 0.0912. The number of rotatable bonds is 4. The topological polar surface area (TPSA) is 55.9 Å². The van der Waals surface area contributed by atoms with Gasteiger partial charge in [0.25, 0.3) is 0 Å². The number of hydrogen-bond acceptors (Lipinski definition) is 4. The van der Waals surface area contributed by atoms with E-state index in [1.807, 2.05) is 12.4 Å². The van der Waals surface area contributed by atoms with Crippen LogP contribution in [0.2, 0.25) is 0 Å². The maximum absolute atomic E-state index is 4.82. The molecule has 0 amide bonds. The van der Waals surface area contributed by atoms with E-state index in [-0.39, 0.29) is 5.54 Å². The van der Waals surface area contributed by atoms with Crippen LogP contribution in [0, 0.1) is 0 Å². The van der Waals surface area contributed by atoms with Gasteiger partial charge in [0, 0.05) is 23.5 Å². The van der Waals surface area contributed by atoms with Crippen LogP contribution < -0.4 is 5.32 Å². The van der Waals surface area contributed by atoms with E-state index in [1.54, 1.807) is 12.5 Å². The Morgan fingerprint density at radius 3 is 2.88 bits per heavy atom. The van der Waals surface area contributed by atoms with E-state index in [0.29, 0.717) is 0 Å². The summed E-state index contributed by atoms with van der Waals surface area (Å²) in [6.07, 6.45) is 7.15. The van der Waals surface area contributed by atoms with Gasteiger partial charge in [-0.3, -0.25) is 0 Å². The second-order valence-corrected chi connectivity index (χ2v) is 5.11. The number of imidazole rings is 1. The molecule has 0 spiro atoms. The van der Waals surface area contributed by atoms with Crippen LogP contribution >= 0.6 is 0 Å². The highest BCUT2D eigenvalue weighted by Crippen LogP contribution is 2.06. The van der Waals surface area contributed by atoms with Crippen LogP contribution in [0.5, 0.6) is 0 Å². The molecule has 0 bridgehead atoms. The van der Waals surface area contributed by atoms with E-state index >= 15 is 0 Å². The van der Waals surface area contributed by atoms with Crippen molar-refractivity contribution in [1.29, 1.82) is 0 Å².